The van der Waals surface area contributed by atoms with E-state index in [2.05, 4.69) is 0 Å². The Hall–Kier alpha value is -1.06. The van der Waals surface area contributed by atoms with Crippen LogP contribution < -0.4 is 5.73 Å². The van der Waals surface area contributed by atoms with E-state index in [-0.39, 0.29) is 11.4 Å². The molecule has 1 aliphatic carbocycles. The highest BCUT2D eigenvalue weighted by Gasteiger charge is 2.35. The SMILES string of the molecule is CCN(Cc1cccc(Cl)c1)C(=O)CC1(N)CCC1. The average molecular weight is 281 g/mol. The zero-order valence-corrected chi connectivity index (χ0v) is 12.1. The van der Waals surface area contributed by atoms with Gasteiger partial charge in [-0.2, -0.15) is 0 Å². The molecule has 4 heteroatoms. The standard InChI is InChI=1S/C15H21ClN2O/c1-2-18(11-12-5-3-6-13(16)9-12)14(19)10-15(17)7-4-8-15/h3,5-6,9H,2,4,7-8,10-11,17H2,1H3. The van der Waals surface area contributed by atoms with Crippen LogP contribution in [0.2, 0.25) is 5.02 Å². The Labute approximate surface area is 119 Å². The van der Waals surface area contributed by atoms with Crippen LogP contribution in [0.15, 0.2) is 24.3 Å². The molecule has 0 spiro atoms. The van der Waals surface area contributed by atoms with Crippen molar-refractivity contribution in [3.63, 3.8) is 0 Å². The van der Waals surface area contributed by atoms with Crippen LogP contribution in [0.4, 0.5) is 0 Å². The summed E-state index contributed by atoms with van der Waals surface area (Å²) in [4.78, 5) is 14.1. The minimum atomic E-state index is -0.251. The quantitative estimate of drug-likeness (QED) is 0.901. The second-order valence-corrected chi connectivity index (χ2v) is 5.87. The van der Waals surface area contributed by atoms with Gasteiger partial charge in [0.1, 0.15) is 0 Å². The third-order valence-corrected chi connectivity index (χ3v) is 4.08. The summed E-state index contributed by atoms with van der Waals surface area (Å²) in [7, 11) is 0. The smallest absolute Gasteiger partial charge is 0.224 e. The topological polar surface area (TPSA) is 46.3 Å². The van der Waals surface area contributed by atoms with Gasteiger partial charge in [-0.1, -0.05) is 23.7 Å². The minimum Gasteiger partial charge on any atom is -0.339 e. The first-order valence-corrected chi connectivity index (χ1v) is 7.21. The van der Waals surface area contributed by atoms with E-state index < -0.39 is 0 Å². The first-order chi connectivity index (χ1) is 9.02. The van der Waals surface area contributed by atoms with Gasteiger partial charge >= 0.3 is 0 Å². The average Bonchev–Trinajstić information content (AvgIpc) is 2.34. The fourth-order valence-corrected chi connectivity index (χ4v) is 2.67. The molecule has 3 nitrogen and oxygen atoms in total. The van der Waals surface area contributed by atoms with Gasteiger partial charge < -0.3 is 10.6 Å². The molecule has 0 atom stereocenters. The fraction of sp³-hybridized carbons (Fsp3) is 0.533. The molecule has 0 bridgehead atoms. The fourth-order valence-electron chi connectivity index (χ4n) is 2.45. The van der Waals surface area contributed by atoms with Gasteiger partial charge in [-0.3, -0.25) is 4.79 Å². The Morgan fingerprint density at radius 3 is 2.74 bits per heavy atom. The van der Waals surface area contributed by atoms with Crippen LogP contribution in [0.1, 0.15) is 38.2 Å². The Kier molecular flexibility index (Phi) is 4.48. The van der Waals surface area contributed by atoms with Crippen LogP contribution in [0.25, 0.3) is 0 Å². The summed E-state index contributed by atoms with van der Waals surface area (Å²) in [5.74, 6) is 0.143. The minimum absolute atomic E-state index is 0.143. The molecule has 2 N–H and O–H groups in total. The van der Waals surface area contributed by atoms with Crippen molar-refractivity contribution in [1.82, 2.24) is 4.90 Å². The van der Waals surface area contributed by atoms with Gasteiger partial charge in [0.15, 0.2) is 0 Å². The van der Waals surface area contributed by atoms with E-state index in [9.17, 15) is 4.79 Å². The predicted molar refractivity (Wildman–Crippen MR) is 77.9 cm³/mol. The van der Waals surface area contributed by atoms with Gasteiger partial charge in [0, 0.05) is 30.1 Å². The lowest BCUT2D eigenvalue weighted by Crippen LogP contribution is -2.50. The van der Waals surface area contributed by atoms with Gasteiger partial charge in [0.2, 0.25) is 5.91 Å². The number of nitrogens with zero attached hydrogens (tertiary/aromatic N) is 1. The normalized spacial score (nSPS) is 16.8. The number of amides is 1. The van der Waals surface area contributed by atoms with Gasteiger partial charge in [-0.15, -0.1) is 0 Å². The largest absolute Gasteiger partial charge is 0.339 e. The van der Waals surface area contributed by atoms with E-state index in [0.29, 0.717) is 24.5 Å². The molecule has 0 heterocycles. The maximum atomic E-state index is 12.3. The van der Waals surface area contributed by atoms with Gasteiger partial charge in [-0.25, -0.2) is 0 Å². The Morgan fingerprint density at radius 1 is 1.47 bits per heavy atom. The van der Waals surface area contributed by atoms with Crippen molar-refractivity contribution in [2.75, 3.05) is 6.54 Å². The van der Waals surface area contributed by atoms with Crippen LogP contribution in [0, 0.1) is 0 Å². The first-order valence-electron chi connectivity index (χ1n) is 6.83. The molecule has 1 aromatic carbocycles. The number of carbonyl (C=O) groups is 1. The summed E-state index contributed by atoms with van der Waals surface area (Å²) in [5.41, 5.74) is 6.95. The second-order valence-electron chi connectivity index (χ2n) is 5.43. The maximum Gasteiger partial charge on any atom is 0.224 e. The molecule has 0 unspecified atom stereocenters. The lowest BCUT2D eigenvalue weighted by atomic mass is 9.75. The number of benzene rings is 1. The Morgan fingerprint density at radius 2 is 2.21 bits per heavy atom. The lowest BCUT2D eigenvalue weighted by Gasteiger charge is -2.38. The molecule has 0 saturated heterocycles. The molecule has 104 valence electrons. The highest BCUT2D eigenvalue weighted by atomic mass is 35.5. The molecule has 1 aromatic rings. The molecule has 1 amide bonds. The summed E-state index contributed by atoms with van der Waals surface area (Å²) in [6, 6.07) is 7.64. The molecular formula is C15H21ClN2O. The van der Waals surface area contributed by atoms with E-state index in [0.717, 1.165) is 24.8 Å². The molecule has 1 saturated carbocycles. The molecular weight excluding hydrogens is 260 g/mol. The van der Waals surface area contributed by atoms with Crippen molar-refractivity contribution in [2.45, 2.75) is 44.7 Å². The van der Waals surface area contributed by atoms with E-state index in [4.69, 9.17) is 17.3 Å². The molecule has 1 fully saturated rings. The van der Waals surface area contributed by atoms with Crippen molar-refractivity contribution in [3.05, 3.63) is 34.9 Å². The summed E-state index contributed by atoms with van der Waals surface area (Å²) in [6.07, 6.45) is 3.53. The maximum absolute atomic E-state index is 12.3. The number of carbonyl (C=O) groups excluding carboxylic acids is 1. The molecule has 1 aliphatic rings. The monoisotopic (exact) mass is 280 g/mol. The van der Waals surface area contributed by atoms with Gasteiger partial charge in [0.25, 0.3) is 0 Å². The lowest BCUT2D eigenvalue weighted by molar-refractivity contribution is -0.133. The highest BCUT2D eigenvalue weighted by molar-refractivity contribution is 6.30. The highest BCUT2D eigenvalue weighted by Crippen LogP contribution is 2.32. The second kappa shape index (κ2) is 5.93. The van der Waals surface area contributed by atoms with Crippen molar-refractivity contribution in [1.29, 1.82) is 0 Å². The summed E-state index contributed by atoms with van der Waals surface area (Å²) >= 11 is 5.97. The van der Waals surface area contributed by atoms with E-state index >= 15 is 0 Å². The van der Waals surface area contributed by atoms with Crippen molar-refractivity contribution in [3.8, 4) is 0 Å². The van der Waals surface area contributed by atoms with E-state index in [1.54, 1.807) is 0 Å². The predicted octanol–water partition coefficient (Wildman–Crippen LogP) is 2.96. The third-order valence-electron chi connectivity index (χ3n) is 3.85. The summed E-state index contributed by atoms with van der Waals surface area (Å²) < 4.78 is 0. The summed E-state index contributed by atoms with van der Waals surface area (Å²) in [5, 5.41) is 0.704. The molecule has 0 aliphatic heterocycles. The number of hydrogen-bond acceptors (Lipinski definition) is 2. The zero-order valence-electron chi connectivity index (χ0n) is 11.4. The molecule has 19 heavy (non-hydrogen) atoms. The Bertz CT molecular complexity index is 457. The van der Waals surface area contributed by atoms with Crippen molar-refractivity contribution in [2.24, 2.45) is 5.73 Å². The van der Waals surface area contributed by atoms with Gasteiger partial charge in [-0.05, 0) is 43.9 Å². The van der Waals surface area contributed by atoms with Crippen LogP contribution in [0.3, 0.4) is 0 Å². The number of halogens is 1. The summed E-state index contributed by atoms with van der Waals surface area (Å²) in [6.45, 7) is 3.29. The first kappa shape index (κ1) is 14.4. The van der Waals surface area contributed by atoms with Gasteiger partial charge in [0.05, 0.1) is 0 Å². The number of rotatable bonds is 5. The van der Waals surface area contributed by atoms with E-state index in [1.807, 2.05) is 36.1 Å². The molecule has 0 aromatic heterocycles. The van der Waals surface area contributed by atoms with Crippen LogP contribution >= 0.6 is 11.6 Å². The molecule has 2 rings (SSSR count). The van der Waals surface area contributed by atoms with Crippen LogP contribution in [-0.2, 0) is 11.3 Å². The number of nitrogens with two attached hydrogens (primary N) is 1. The number of hydrogen-bond donors (Lipinski definition) is 1. The Balaban J connectivity index is 1.97. The van der Waals surface area contributed by atoms with Crippen molar-refractivity contribution >= 4 is 17.5 Å². The zero-order chi connectivity index (χ0) is 13.9. The van der Waals surface area contributed by atoms with Crippen LogP contribution in [-0.4, -0.2) is 22.9 Å². The van der Waals surface area contributed by atoms with Crippen molar-refractivity contribution < 1.29 is 4.79 Å². The van der Waals surface area contributed by atoms with E-state index in [1.165, 1.54) is 0 Å². The van der Waals surface area contributed by atoms with Crippen LogP contribution in [0.5, 0.6) is 0 Å². The third kappa shape index (κ3) is 3.71. The molecule has 0 radical (unpaired) electrons.